The lowest BCUT2D eigenvalue weighted by Crippen LogP contribution is -2.49. The molecule has 1 amide bonds. The number of methoxy groups -OCH3 is 1. The number of ether oxygens (including phenoxy) is 2. The quantitative estimate of drug-likeness (QED) is 0.354. The third-order valence-corrected chi connectivity index (χ3v) is 10.7. The molecule has 6 atom stereocenters. The topological polar surface area (TPSA) is 99.5 Å². The molecule has 9 heteroatoms. The summed E-state index contributed by atoms with van der Waals surface area (Å²) in [5.41, 5.74) is 1.07. The Labute approximate surface area is 264 Å². The van der Waals surface area contributed by atoms with Crippen molar-refractivity contribution in [1.29, 1.82) is 0 Å². The van der Waals surface area contributed by atoms with Crippen molar-refractivity contribution >= 4 is 29.2 Å². The molecule has 236 valence electrons. The number of carbonyl (C=O) groups is 2. The van der Waals surface area contributed by atoms with Crippen LogP contribution in [-0.2, 0) is 31.8 Å². The Kier molecular flexibility index (Phi) is 8.46. The average Bonchev–Trinajstić information content (AvgIpc) is 3.14. The highest BCUT2D eigenvalue weighted by Gasteiger charge is 2.46. The highest BCUT2D eigenvalue weighted by Crippen LogP contribution is 2.47. The molecule has 2 N–H and O–H groups in total. The molecule has 0 radical (unpaired) electrons. The first-order chi connectivity index (χ1) is 21.0. The minimum Gasteiger partial charge on any atom is -0.490 e. The molecule has 8 nitrogen and oxygen atoms in total. The van der Waals surface area contributed by atoms with Gasteiger partial charge in [0.15, 0.2) is 5.60 Å². The summed E-state index contributed by atoms with van der Waals surface area (Å²) in [6.07, 6.45) is 7.66. The number of esters is 1. The van der Waals surface area contributed by atoms with Gasteiger partial charge in [-0.3, -0.25) is 4.79 Å². The van der Waals surface area contributed by atoms with Crippen LogP contribution in [0.3, 0.4) is 0 Å². The fraction of sp³-hybridized carbons (Fsp3) is 0.543. The van der Waals surface area contributed by atoms with E-state index in [0.717, 1.165) is 42.8 Å². The summed E-state index contributed by atoms with van der Waals surface area (Å²) in [6, 6.07) is 11.4. The number of carbonyl (C=O) groups excluding carboxylic acids is 2. The molecular weight excluding hydrogens is 580 g/mol. The molecule has 2 heterocycles. The van der Waals surface area contributed by atoms with Crippen LogP contribution < -0.4 is 9.64 Å². The van der Waals surface area contributed by atoms with Gasteiger partial charge >= 0.3 is 5.97 Å². The zero-order chi connectivity index (χ0) is 31.2. The second-order valence-electron chi connectivity index (χ2n) is 13.4. The van der Waals surface area contributed by atoms with Gasteiger partial charge in [-0.05, 0) is 90.8 Å². The molecule has 1 fully saturated rings. The zero-order valence-corrected chi connectivity index (χ0v) is 26.6. The second kappa shape index (κ2) is 12.0. The van der Waals surface area contributed by atoms with E-state index in [2.05, 4.69) is 17.0 Å². The molecule has 0 unspecified atom stereocenters. The molecule has 2 aromatic rings. The van der Waals surface area contributed by atoms with E-state index in [1.54, 1.807) is 25.2 Å². The minimum atomic E-state index is -2.18. The number of aliphatic hydroxyl groups is 2. The van der Waals surface area contributed by atoms with E-state index in [1.165, 1.54) is 23.1 Å². The number of hydrogen-bond donors (Lipinski definition) is 2. The minimum absolute atomic E-state index is 0.0235. The largest absolute Gasteiger partial charge is 0.490 e. The van der Waals surface area contributed by atoms with Gasteiger partial charge in [-0.25, -0.2) is 4.79 Å². The molecule has 0 aromatic heterocycles. The summed E-state index contributed by atoms with van der Waals surface area (Å²) in [5, 5.41) is 23.8. The Morgan fingerprint density at radius 3 is 2.70 bits per heavy atom. The maximum absolute atomic E-state index is 13.4. The van der Waals surface area contributed by atoms with Crippen molar-refractivity contribution < 1.29 is 29.3 Å². The van der Waals surface area contributed by atoms with Gasteiger partial charge < -0.3 is 29.5 Å². The Morgan fingerprint density at radius 1 is 1.14 bits per heavy atom. The zero-order valence-electron chi connectivity index (χ0n) is 25.8. The first-order valence-corrected chi connectivity index (χ1v) is 16.1. The molecule has 2 aliphatic carbocycles. The Bertz CT molecular complexity index is 1460. The SMILES string of the molecule is COC(=O)[C@@]1(O)CC(=O)N(C)C[C@@H](C)/C=C\[C@H](O)[C@@H]2CC[C@H]2CN2C[C@@]3(CCCc4cc(Cl)ccc43)COc3ccc1cc32. The monoisotopic (exact) mass is 622 g/mol. The molecular formula is C35H43ClN2O6. The highest BCUT2D eigenvalue weighted by atomic mass is 35.5. The van der Waals surface area contributed by atoms with E-state index in [1.807, 2.05) is 25.1 Å². The fourth-order valence-corrected chi connectivity index (χ4v) is 7.98. The van der Waals surface area contributed by atoms with Gasteiger partial charge in [0.2, 0.25) is 5.91 Å². The van der Waals surface area contributed by atoms with Crippen LogP contribution in [0.1, 0.15) is 55.7 Å². The normalized spacial score (nSPS) is 32.9. The number of amides is 1. The number of fused-ring (bicyclic) bond motifs is 4. The lowest BCUT2D eigenvalue weighted by molar-refractivity contribution is -0.168. The number of anilines is 1. The van der Waals surface area contributed by atoms with Gasteiger partial charge in [0.25, 0.3) is 0 Å². The van der Waals surface area contributed by atoms with Crippen LogP contribution in [0.4, 0.5) is 5.69 Å². The van der Waals surface area contributed by atoms with Gasteiger partial charge in [0.05, 0.1) is 31.9 Å². The fourth-order valence-electron chi connectivity index (χ4n) is 7.78. The molecule has 6 rings (SSSR count). The van der Waals surface area contributed by atoms with Crippen molar-refractivity contribution in [2.75, 3.05) is 45.3 Å². The number of aliphatic hydroxyl groups excluding tert-OH is 1. The molecule has 2 aliphatic heterocycles. The summed E-state index contributed by atoms with van der Waals surface area (Å²) in [6.45, 7) is 4.20. The highest BCUT2D eigenvalue weighted by molar-refractivity contribution is 6.30. The maximum Gasteiger partial charge on any atom is 0.343 e. The van der Waals surface area contributed by atoms with Gasteiger partial charge in [0, 0.05) is 37.1 Å². The predicted molar refractivity (Wildman–Crippen MR) is 169 cm³/mol. The number of rotatable bonds is 1. The van der Waals surface area contributed by atoms with Crippen LogP contribution in [-0.4, -0.2) is 73.5 Å². The number of hydrogen-bond acceptors (Lipinski definition) is 7. The summed E-state index contributed by atoms with van der Waals surface area (Å²) < 4.78 is 11.7. The van der Waals surface area contributed by atoms with Crippen molar-refractivity contribution in [3.8, 4) is 5.75 Å². The van der Waals surface area contributed by atoms with Gasteiger partial charge in [-0.15, -0.1) is 0 Å². The van der Waals surface area contributed by atoms with Crippen LogP contribution in [0.15, 0.2) is 48.6 Å². The average molecular weight is 623 g/mol. The lowest BCUT2D eigenvalue weighted by Gasteiger charge is -2.45. The van der Waals surface area contributed by atoms with Crippen molar-refractivity contribution in [2.45, 2.75) is 62.6 Å². The van der Waals surface area contributed by atoms with Gasteiger partial charge in [-0.2, -0.15) is 0 Å². The number of aryl methyl sites for hydroxylation is 1. The number of benzene rings is 2. The van der Waals surface area contributed by atoms with E-state index in [-0.39, 0.29) is 34.6 Å². The Hall–Kier alpha value is -3.07. The van der Waals surface area contributed by atoms with E-state index < -0.39 is 24.1 Å². The van der Waals surface area contributed by atoms with Crippen molar-refractivity contribution in [3.05, 3.63) is 70.3 Å². The lowest BCUT2D eigenvalue weighted by atomic mass is 9.68. The molecule has 1 spiro atoms. The van der Waals surface area contributed by atoms with E-state index in [0.29, 0.717) is 32.0 Å². The molecule has 4 aliphatic rings. The molecule has 2 aromatic carbocycles. The smallest absolute Gasteiger partial charge is 0.343 e. The Balaban J connectivity index is 1.47. The number of halogens is 1. The predicted octanol–water partition coefficient (Wildman–Crippen LogP) is 4.62. The van der Waals surface area contributed by atoms with Crippen LogP contribution in [0.5, 0.6) is 5.75 Å². The van der Waals surface area contributed by atoms with Crippen LogP contribution in [0.2, 0.25) is 5.02 Å². The third-order valence-electron chi connectivity index (χ3n) is 10.4. The summed E-state index contributed by atoms with van der Waals surface area (Å²) in [4.78, 5) is 30.4. The molecule has 44 heavy (non-hydrogen) atoms. The summed E-state index contributed by atoms with van der Waals surface area (Å²) >= 11 is 6.41. The van der Waals surface area contributed by atoms with E-state index >= 15 is 0 Å². The third kappa shape index (κ3) is 5.61. The summed E-state index contributed by atoms with van der Waals surface area (Å²) in [7, 11) is 2.88. The van der Waals surface area contributed by atoms with Gasteiger partial charge in [-0.1, -0.05) is 42.8 Å². The first-order valence-electron chi connectivity index (χ1n) is 15.8. The van der Waals surface area contributed by atoms with Crippen LogP contribution in [0.25, 0.3) is 0 Å². The molecule has 2 bridgehead atoms. The van der Waals surface area contributed by atoms with Crippen molar-refractivity contribution in [1.82, 2.24) is 4.90 Å². The number of nitrogens with zero attached hydrogens (tertiary/aromatic N) is 2. The Morgan fingerprint density at radius 2 is 1.95 bits per heavy atom. The first kappa shape index (κ1) is 30.9. The van der Waals surface area contributed by atoms with Gasteiger partial charge in [0.1, 0.15) is 5.75 Å². The molecule has 1 saturated carbocycles. The standard InChI is InChI=1S/C35H43ClN2O6/c1-22-6-12-30(39)27-10-7-24(27)19-38-20-34(14-4-5-23-15-26(36)9-11-28(23)34)21-44-31-13-8-25(16-29(31)38)35(42,33(41)43-3)17-32(40)37(2)18-22/h6,8-9,11-13,15-16,22,24,27,30,39,42H,4-5,7,10,14,17-21H2,1-3H3/b12-6-/t22-,24-,27+,30-,34-,35+/m0/s1. The molecule has 0 saturated heterocycles. The van der Waals surface area contributed by atoms with Crippen molar-refractivity contribution in [2.24, 2.45) is 17.8 Å². The van der Waals surface area contributed by atoms with Crippen LogP contribution >= 0.6 is 11.6 Å². The van der Waals surface area contributed by atoms with Crippen molar-refractivity contribution in [3.63, 3.8) is 0 Å². The van der Waals surface area contributed by atoms with E-state index in [4.69, 9.17) is 21.1 Å². The van der Waals surface area contributed by atoms with E-state index in [9.17, 15) is 19.8 Å². The summed E-state index contributed by atoms with van der Waals surface area (Å²) in [5.74, 6) is -0.267. The van der Waals surface area contributed by atoms with Crippen LogP contribution in [0, 0.1) is 17.8 Å². The second-order valence-corrected chi connectivity index (χ2v) is 13.9. The maximum atomic E-state index is 13.4.